The van der Waals surface area contributed by atoms with E-state index in [1.165, 1.54) is 22.5 Å². The van der Waals surface area contributed by atoms with Crippen molar-refractivity contribution in [3.05, 3.63) is 86.8 Å². The van der Waals surface area contributed by atoms with E-state index in [1.54, 1.807) is 19.2 Å². The molecule has 0 unspecified atom stereocenters. The van der Waals surface area contributed by atoms with Gasteiger partial charge in [-0.3, -0.25) is 19.2 Å². The van der Waals surface area contributed by atoms with Gasteiger partial charge in [-0.25, -0.2) is 9.97 Å². The van der Waals surface area contributed by atoms with Crippen LogP contribution >= 0.6 is 11.3 Å². The molecule has 4 amide bonds. The Hall–Kier alpha value is -4.85. The molecule has 14 heteroatoms. The van der Waals surface area contributed by atoms with Crippen molar-refractivity contribution in [2.75, 3.05) is 19.6 Å². The van der Waals surface area contributed by atoms with Crippen molar-refractivity contribution in [1.82, 2.24) is 36.0 Å². The molecule has 0 radical (unpaired) electrons. The van der Waals surface area contributed by atoms with Gasteiger partial charge in [0.2, 0.25) is 11.8 Å². The van der Waals surface area contributed by atoms with E-state index < -0.39 is 35.7 Å². The zero-order valence-electron chi connectivity index (χ0n) is 25.5. The van der Waals surface area contributed by atoms with E-state index in [0.717, 1.165) is 5.56 Å². The summed E-state index contributed by atoms with van der Waals surface area (Å²) >= 11 is 1.27. The van der Waals surface area contributed by atoms with Crippen LogP contribution in [0.25, 0.3) is 0 Å². The minimum atomic E-state index is -0.746. The molecular formula is C31H35N7O6S. The van der Waals surface area contributed by atoms with E-state index >= 15 is 0 Å². The van der Waals surface area contributed by atoms with E-state index in [-0.39, 0.29) is 48.4 Å². The number of amides is 4. The van der Waals surface area contributed by atoms with Gasteiger partial charge in [0.25, 0.3) is 17.7 Å². The number of thiazole rings is 1. The van der Waals surface area contributed by atoms with Gasteiger partial charge in [0.1, 0.15) is 34.3 Å². The molecular weight excluding hydrogens is 598 g/mol. The second-order valence-electron chi connectivity index (χ2n) is 11.3. The van der Waals surface area contributed by atoms with Crippen LogP contribution in [0.3, 0.4) is 0 Å². The molecule has 3 aromatic heterocycles. The van der Waals surface area contributed by atoms with Crippen molar-refractivity contribution in [2.45, 2.75) is 52.6 Å². The Bertz CT molecular complexity index is 1660. The summed E-state index contributed by atoms with van der Waals surface area (Å²) in [6.07, 6.45) is 2.15. The van der Waals surface area contributed by atoms with E-state index in [9.17, 15) is 19.2 Å². The van der Waals surface area contributed by atoms with Crippen molar-refractivity contribution >= 4 is 35.0 Å². The van der Waals surface area contributed by atoms with E-state index in [1.807, 2.05) is 44.2 Å². The molecule has 0 saturated carbocycles. The molecule has 5 rings (SSSR count). The summed E-state index contributed by atoms with van der Waals surface area (Å²) in [5.74, 6) is -1.19. The van der Waals surface area contributed by atoms with Gasteiger partial charge in [-0.1, -0.05) is 49.3 Å². The van der Waals surface area contributed by atoms with Gasteiger partial charge in [0.05, 0.1) is 18.3 Å². The highest BCUT2D eigenvalue weighted by atomic mass is 32.1. The maximum absolute atomic E-state index is 13.6. The van der Waals surface area contributed by atoms with Gasteiger partial charge >= 0.3 is 0 Å². The minimum Gasteiger partial charge on any atom is -0.446 e. The molecule has 0 saturated heterocycles. The summed E-state index contributed by atoms with van der Waals surface area (Å²) in [6.45, 7) is 7.06. The van der Waals surface area contributed by atoms with Crippen molar-refractivity contribution in [2.24, 2.45) is 5.92 Å². The number of oxazole rings is 1. The summed E-state index contributed by atoms with van der Waals surface area (Å²) in [5, 5.41) is 14.8. The summed E-state index contributed by atoms with van der Waals surface area (Å²) in [4.78, 5) is 63.8. The van der Waals surface area contributed by atoms with Crippen molar-refractivity contribution in [3.8, 4) is 0 Å². The van der Waals surface area contributed by atoms with Crippen LogP contribution in [0.5, 0.6) is 0 Å². The van der Waals surface area contributed by atoms with Crippen LogP contribution < -0.4 is 16.0 Å². The lowest BCUT2D eigenvalue weighted by atomic mass is 10.0. The van der Waals surface area contributed by atoms with E-state index in [4.69, 9.17) is 8.94 Å². The number of rotatable bonds is 5. The van der Waals surface area contributed by atoms with Crippen LogP contribution in [0.15, 0.2) is 50.9 Å². The summed E-state index contributed by atoms with van der Waals surface area (Å²) in [5.41, 5.74) is 1.77. The molecule has 1 aliphatic heterocycles. The van der Waals surface area contributed by atoms with Crippen molar-refractivity contribution in [3.63, 3.8) is 0 Å². The van der Waals surface area contributed by atoms with Gasteiger partial charge in [0, 0.05) is 24.9 Å². The lowest BCUT2D eigenvalue weighted by molar-refractivity contribution is -0.122. The third kappa shape index (κ3) is 7.63. The molecule has 0 fully saturated rings. The molecule has 4 aromatic rings. The fourth-order valence-electron chi connectivity index (χ4n) is 5.09. The minimum absolute atomic E-state index is 0.0254. The van der Waals surface area contributed by atoms with Crippen LogP contribution in [0.4, 0.5) is 0 Å². The SMILES string of the molecule is Cc1noc(C)c1C(=O)N1CCNC(=O)c2csc(n2)[C@H](CC(C)C)NC(=O)c2coc(n2)[C@H](Cc2ccccc2)NC(=O)C1. The summed E-state index contributed by atoms with van der Waals surface area (Å²) in [6, 6.07) is 8.24. The first-order valence-corrected chi connectivity index (χ1v) is 15.5. The number of nitrogens with zero attached hydrogens (tertiary/aromatic N) is 4. The van der Waals surface area contributed by atoms with Crippen LogP contribution in [0.2, 0.25) is 0 Å². The lowest BCUT2D eigenvalue weighted by Gasteiger charge is -2.24. The highest BCUT2D eigenvalue weighted by molar-refractivity contribution is 7.09. The number of benzene rings is 1. The molecule has 1 aromatic carbocycles. The predicted molar refractivity (Wildman–Crippen MR) is 164 cm³/mol. The Labute approximate surface area is 263 Å². The summed E-state index contributed by atoms with van der Waals surface area (Å²) < 4.78 is 10.9. The summed E-state index contributed by atoms with van der Waals surface area (Å²) in [7, 11) is 0. The van der Waals surface area contributed by atoms with Crippen molar-refractivity contribution < 1.29 is 28.1 Å². The zero-order chi connectivity index (χ0) is 32.1. The fraction of sp³-hybridized carbons (Fsp3) is 0.387. The molecule has 4 heterocycles. The topological polar surface area (TPSA) is 173 Å². The molecule has 236 valence electrons. The highest BCUT2D eigenvalue weighted by Crippen LogP contribution is 2.26. The number of carbonyl (C=O) groups excluding carboxylic acids is 4. The standard InChI is InChI=1S/C31H35N7O6S/c1-17(2)12-22-30-36-24(16-45-30)27(40)32-10-11-38(31(42)26-18(3)37-44-19(26)4)14-25(39)33-21(13-20-8-6-5-7-9-20)29-35-23(15-43-29)28(41)34-22/h5-9,15-17,21-22H,10-14H2,1-4H3,(H,32,40)(H,33,39)(H,34,41)/t21-,22-/m0/s1. The zero-order valence-corrected chi connectivity index (χ0v) is 26.3. The second-order valence-corrected chi connectivity index (χ2v) is 12.2. The van der Waals surface area contributed by atoms with Crippen LogP contribution in [0.1, 0.15) is 91.6 Å². The molecule has 0 spiro atoms. The Morgan fingerprint density at radius 3 is 2.53 bits per heavy atom. The monoisotopic (exact) mass is 633 g/mol. The highest BCUT2D eigenvalue weighted by Gasteiger charge is 2.29. The molecule has 1 aliphatic rings. The number of hydrogen-bond acceptors (Lipinski definition) is 10. The van der Waals surface area contributed by atoms with Gasteiger partial charge < -0.3 is 29.8 Å². The smallest absolute Gasteiger partial charge is 0.273 e. The first-order chi connectivity index (χ1) is 21.6. The number of nitrogens with one attached hydrogen (secondary N) is 3. The largest absolute Gasteiger partial charge is 0.446 e. The molecule has 4 bridgehead atoms. The van der Waals surface area contributed by atoms with Gasteiger partial charge in [0.15, 0.2) is 5.69 Å². The first kappa shape index (κ1) is 31.6. The number of aryl methyl sites for hydroxylation is 2. The van der Waals surface area contributed by atoms with Gasteiger partial charge in [-0.2, -0.15) is 0 Å². The average molecular weight is 634 g/mol. The molecule has 13 nitrogen and oxygen atoms in total. The van der Waals surface area contributed by atoms with Gasteiger partial charge in [-0.05, 0) is 31.7 Å². The Balaban J connectivity index is 1.50. The quantitative estimate of drug-likeness (QED) is 0.297. The molecule has 3 N–H and O–H groups in total. The third-order valence-electron chi connectivity index (χ3n) is 7.27. The maximum atomic E-state index is 13.6. The fourth-order valence-corrected chi connectivity index (χ4v) is 5.95. The first-order valence-electron chi connectivity index (χ1n) is 14.6. The lowest BCUT2D eigenvalue weighted by Crippen LogP contribution is -2.45. The Morgan fingerprint density at radius 1 is 1.04 bits per heavy atom. The van der Waals surface area contributed by atoms with Gasteiger partial charge in [-0.15, -0.1) is 11.3 Å². The third-order valence-corrected chi connectivity index (χ3v) is 8.23. The van der Waals surface area contributed by atoms with E-state index in [2.05, 4.69) is 31.1 Å². The van der Waals surface area contributed by atoms with Crippen molar-refractivity contribution in [1.29, 1.82) is 0 Å². The number of carbonyl (C=O) groups is 4. The Morgan fingerprint density at radius 2 is 1.82 bits per heavy atom. The number of hydrogen-bond donors (Lipinski definition) is 3. The van der Waals surface area contributed by atoms with Crippen LogP contribution in [-0.2, 0) is 11.2 Å². The predicted octanol–water partition coefficient (Wildman–Crippen LogP) is 3.54. The van der Waals surface area contributed by atoms with E-state index in [0.29, 0.717) is 29.3 Å². The molecule has 2 atom stereocenters. The Kier molecular flexibility index (Phi) is 9.71. The average Bonchev–Trinajstić information content (AvgIpc) is 3.76. The molecule has 45 heavy (non-hydrogen) atoms. The maximum Gasteiger partial charge on any atom is 0.273 e. The normalized spacial score (nSPS) is 18.2. The molecule has 0 aliphatic carbocycles. The second kappa shape index (κ2) is 13.8. The van der Waals surface area contributed by atoms with Crippen LogP contribution in [-0.4, -0.2) is 63.3 Å². The number of fused-ring (bicyclic) bond motifs is 4. The van der Waals surface area contributed by atoms with Crippen LogP contribution in [0, 0.1) is 19.8 Å². The number of aromatic nitrogens is 3.